The molecule has 0 aromatic heterocycles. The average molecular weight is 206 g/mol. The van der Waals surface area contributed by atoms with Gasteiger partial charge in [-0.1, -0.05) is 19.6 Å². The second-order valence-electron chi connectivity index (χ2n) is 4.34. The maximum absolute atomic E-state index is 2.46. The third-order valence-electron chi connectivity index (χ3n) is 1.70. The first-order chi connectivity index (χ1) is 5.08. The van der Waals surface area contributed by atoms with E-state index in [1.165, 1.54) is 23.3 Å². The molecule has 0 aliphatic carbocycles. The summed E-state index contributed by atoms with van der Waals surface area (Å²) in [5.41, 5.74) is 0. The third-order valence-corrected chi connectivity index (χ3v) is 6.13. The molecular formula is C8H18S2Si. The van der Waals surface area contributed by atoms with Crippen LogP contribution in [0.2, 0.25) is 25.7 Å². The smallest absolute Gasteiger partial charge is 0.0450 e. The van der Waals surface area contributed by atoms with Crippen molar-refractivity contribution in [2.75, 3.05) is 17.3 Å². The van der Waals surface area contributed by atoms with Gasteiger partial charge in [0.05, 0.1) is 0 Å². The SMILES string of the molecule is C[Si](C)(C)CCSCC1CS1. The number of thioether (sulfide) groups is 2. The van der Waals surface area contributed by atoms with Crippen LogP contribution in [0.3, 0.4) is 0 Å². The highest BCUT2D eigenvalue weighted by molar-refractivity contribution is 8.08. The van der Waals surface area contributed by atoms with E-state index in [4.69, 9.17) is 0 Å². The molecule has 1 aliphatic rings. The summed E-state index contributed by atoms with van der Waals surface area (Å²) in [4.78, 5) is 0. The van der Waals surface area contributed by atoms with E-state index in [1.807, 2.05) is 0 Å². The summed E-state index contributed by atoms with van der Waals surface area (Å²) in [6.07, 6.45) is 0. The van der Waals surface area contributed by atoms with Crippen LogP contribution in [0.25, 0.3) is 0 Å². The second-order valence-corrected chi connectivity index (χ2v) is 12.4. The van der Waals surface area contributed by atoms with E-state index in [-0.39, 0.29) is 0 Å². The van der Waals surface area contributed by atoms with Crippen LogP contribution in [0.4, 0.5) is 0 Å². The molecule has 0 spiro atoms. The number of rotatable bonds is 5. The Hall–Kier alpha value is 0.917. The lowest BCUT2D eigenvalue weighted by atomic mass is 10.6. The van der Waals surface area contributed by atoms with E-state index in [0.717, 1.165) is 5.25 Å². The molecule has 0 aromatic carbocycles. The van der Waals surface area contributed by atoms with Crippen molar-refractivity contribution in [1.29, 1.82) is 0 Å². The monoisotopic (exact) mass is 206 g/mol. The van der Waals surface area contributed by atoms with E-state index in [2.05, 4.69) is 43.2 Å². The molecule has 1 fully saturated rings. The molecule has 11 heavy (non-hydrogen) atoms. The predicted octanol–water partition coefficient (Wildman–Crippen LogP) is 3.17. The molecule has 0 radical (unpaired) electrons. The quantitative estimate of drug-likeness (QED) is 0.385. The van der Waals surface area contributed by atoms with Crippen LogP contribution in [-0.4, -0.2) is 30.6 Å². The molecular weight excluding hydrogens is 188 g/mol. The molecule has 0 saturated carbocycles. The first-order valence-corrected chi connectivity index (χ1v) is 10.2. The molecule has 0 bridgehead atoms. The molecule has 0 N–H and O–H groups in total. The van der Waals surface area contributed by atoms with Crippen LogP contribution in [0.5, 0.6) is 0 Å². The standard InChI is InChI=1S/C8H18S2Si/c1-11(2,3)5-4-9-6-8-7-10-8/h8H,4-7H2,1-3H3. The molecule has 1 rings (SSSR count). The van der Waals surface area contributed by atoms with Crippen LogP contribution >= 0.6 is 23.5 Å². The maximum atomic E-state index is 2.46. The van der Waals surface area contributed by atoms with E-state index >= 15 is 0 Å². The fraction of sp³-hybridized carbons (Fsp3) is 1.00. The highest BCUT2D eigenvalue weighted by Crippen LogP contribution is 2.33. The minimum absolute atomic E-state index is 0.736. The van der Waals surface area contributed by atoms with Crippen molar-refractivity contribution in [2.45, 2.75) is 30.9 Å². The molecule has 0 amide bonds. The lowest BCUT2D eigenvalue weighted by molar-refractivity contribution is 1.26. The highest BCUT2D eigenvalue weighted by atomic mass is 32.2. The van der Waals surface area contributed by atoms with E-state index < -0.39 is 8.07 Å². The second kappa shape index (κ2) is 4.24. The first kappa shape index (κ1) is 10.0. The van der Waals surface area contributed by atoms with Crippen LogP contribution in [0.15, 0.2) is 0 Å². The summed E-state index contributed by atoms with van der Waals surface area (Å²) in [5.74, 6) is 4.25. The van der Waals surface area contributed by atoms with Crippen LogP contribution < -0.4 is 0 Å². The van der Waals surface area contributed by atoms with E-state index in [0.29, 0.717) is 0 Å². The van der Waals surface area contributed by atoms with Crippen molar-refractivity contribution < 1.29 is 0 Å². The molecule has 0 aromatic rings. The minimum atomic E-state index is -0.736. The maximum Gasteiger partial charge on any atom is 0.0450 e. The van der Waals surface area contributed by atoms with Gasteiger partial charge in [-0.15, -0.1) is 0 Å². The van der Waals surface area contributed by atoms with Crippen LogP contribution in [-0.2, 0) is 0 Å². The Labute approximate surface area is 79.9 Å². The zero-order valence-electron chi connectivity index (χ0n) is 7.72. The van der Waals surface area contributed by atoms with Crippen molar-refractivity contribution in [2.24, 2.45) is 0 Å². The summed E-state index contributed by atoms with van der Waals surface area (Å²) in [5, 5.41) is 1.03. The Balaban J connectivity index is 1.87. The van der Waals surface area contributed by atoms with E-state index in [1.54, 1.807) is 0 Å². The third kappa shape index (κ3) is 6.11. The van der Waals surface area contributed by atoms with Gasteiger partial charge in [0.2, 0.25) is 0 Å². The first-order valence-electron chi connectivity index (χ1n) is 4.27. The van der Waals surface area contributed by atoms with Crippen LogP contribution in [0.1, 0.15) is 0 Å². The molecule has 3 heteroatoms. The Morgan fingerprint density at radius 1 is 1.45 bits per heavy atom. The summed E-state index contributed by atoms with van der Waals surface area (Å²) in [6, 6.07) is 1.50. The molecule has 1 saturated heterocycles. The Morgan fingerprint density at radius 3 is 2.55 bits per heavy atom. The van der Waals surface area contributed by atoms with Crippen molar-refractivity contribution in [1.82, 2.24) is 0 Å². The van der Waals surface area contributed by atoms with Gasteiger partial charge >= 0.3 is 0 Å². The topological polar surface area (TPSA) is 0 Å². The van der Waals surface area contributed by atoms with E-state index in [9.17, 15) is 0 Å². The fourth-order valence-electron chi connectivity index (χ4n) is 0.757. The minimum Gasteiger partial charge on any atom is -0.161 e. The fourth-order valence-corrected chi connectivity index (χ4v) is 5.41. The molecule has 1 heterocycles. The van der Waals surface area contributed by atoms with Crippen molar-refractivity contribution >= 4 is 31.6 Å². The van der Waals surface area contributed by atoms with Gasteiger partial charge in [-0.05, 0) is 11.8 Å². The zero-order chi connectivity index (χ0) is 8.32. The van der Waals surface area contributed by atoms with Gasteiger partial charge in [-0.3, -0.25) is 0 Å². The Bertz CT molecular complexity index is 116. The van der Waals surface area contributed by atoms with Gasteiger partial charge in [-0.2, -0.15) is 23.5 Å². The van der Waals surface area contributed by atoms with Crippen LogP contribution in [0, 0.1) is 0 Å². The summed E-state index contributed by atoms with van der Waals surface area (Å²) in [7, 11) is -0.736. The predicted molar refractivity (Wildman–Crippen MR) is 61.7 cm³/mol. The van der Waals surface area contributed by atoms with Gasteiger partial charge < -0.3 is 0 Å². The number of hydrogen-bond acceptors (Lipinski definition) is 2. The Kier molecular flexibility index (Phi) is 3.85. The molecule has 1 aliphatic heterocycles. The van der Waals surface area contributed by atoms with Gasteiger partial charge in [-0.25, -0.2) is 0 Å². The highest BCUT2D eigenvalue weighted by Gasteiger charge is 2.22. The van der Waals surface area contributed by atoms with Crippen molar-refractivity contribution in [3.8, 4) is 0 Å². The van der Waals surface area contributed by atoms with Gasteiger partial charge in [0, 0.05) is 24.8 Å². The lowest BCUT2D eigenvalue weighted by Gasteiger charge is -2.14. The largest absolute Gasteiger partial charge is 0.161 e. The zero-order valence-corrected chi connectivity index (χ0v) is 10.4. The Morgan fingerprint density at radius 2 is 2.09 bits per heavy atom. The summed E-state index contributed by atoms with van der Waals surface area (Å²) in [6.45, 7) is 7.37. The van der Waals surface area contributed by atoms with Gasteiger partial charge in [0.25, 0.3) is 0 Å². The van der Waals surface area contributed by atoms with Crippen molar-refractivity contribution in [3.63, 3.8) is 0 Å². The summed E-state index contributed by atoms with van der Waals surface area (Å²) < 4.78 is 0. The molecule has 1 unspecified atom stereocenters. The normalized spacial score (nSPS) is 23.7. The summed E-state index contributed by atoms with van der Waals surface area (Å²) >= 11 is 4.28. The van der Waals surface area contributed by atoms with Gasteiger partial charge in [0.15, 0.2) is 0 Å². The van der Waals surface area contributed by atoms with Gasteiger partial charge in [0.1, 0.15) is 0 Å². The lowest BCUT2D eigenvalue weighted by Crippen LogP contribution is -2.20. The van der Waals surface area contributed by atoms with Crippen molar-refractivity contribution in [3.05, 3.63) is 0 Å². The molecule has 1 atom stereocenters. The molecule has 66 valence electrons. The average Bonchev–Trinajstić information content (AvgIpc) is 2.60. The molecule has 0 nitrogen and oxygen atoms in total. The number of hydrogen-bond donors (Lipinski definition) is 0.